The molecule has 3 N–H and O–H groups in total. The third-order valence-corrected chi connectivity index (χ3v) is 3.45. The zero-order valence-electron chi connectivity index (χ0n) is 9.77. The lowest BCUT2D eigenvalue weighted by molar-refractivity contribution is 0.0952. The van der Waals surface area contributed by atoms with E-state index < -0.39 is 0 Å². The fraction of sp³-hybridized carbons (Fsp3) is 0.0714. The normalized spacial score (nSPS) is 13.2. The van der Waals surface area contributed by atoms with Gasteiger partial charge in [-0.25, -0.2) is 0 Å². The van der Waals surface area contributed by atoms with Crippen LogP contribution in [0.1, 0.15) is 15.9 Å². The van der Waals surface area contributed by atoms with Gasteiger partial charge in [-0.1, -0.05) is 11.6 Å². The van der Waals surface area contributed by atoms with Gasteiger partial charge in [-0.05, 0) is 47.0 Å². The van der Waals surface area contributed by atoms with Crippen molar-refractivity contribution in [2.24, 2.45) is 0 Å². The van der Waals surface area contributed by atoms with E-state index in [1.165, 1.54) is 12.1 Å². The van der Waals surface area contributed by atoms with Crippen molar-refractivity contribution in [3.63, 3.8) is 0 Å². The van der Waals surface area contributed by atoms with Gasteiger partial charge in [0.1, 0.15) is 11.5 Å². The Bertz CT molecular complexity index is 697. The summed E-state index contributed by atoms with van der Waals surface area (Å²) < 4.78 is 0. The number of phenolic OH excluding ortho intramolecular Hbond substituents is 2. The summed E-state index contributed by atoms with van der Waals surface area (Å²) in [6, 6.07) is 7.77. The van der Waals surface area contributed by atoms with Crippen LogP contribution >= 0.6 is 11.6 Å². The molecule has 1 aliphatic rings. The van der Waals surface area contributed by atoms with Crippen molar-refractivity contribution in [1.82, 2.24) is 5.32 Å². The maximum Gasteiger partial charge on any atom is 0.252 e. The molecule has 19 heavy (non-hydrogen) atoms. The van der Waals surface area contributed by atoms with E-state index in [-0.39, 0.29) is 22.4 Å². The second-order valence-electron chi connectivity index (χ2n) is 4.37. The number of carbonyl (C=O) groups is 1. The van der Waals surface area contributed by atoms with Gasteiger partial charge in [-0.2, -0.15) is 0 Å². The standard InChI is InChI=1S/C14H10ClNO3/c15-12-5-10-7(3-13(12)18)6-16-14(19)11-4-8(17)1-2-9(10)11/h1-5,17-18H,6H2,(H,16,19). The highest BCUT2D eigenvalue weighted by atomic mass is 35.5. The first kappa shape index (κ1) is 11.9. The minimum atomic E-state index is -0.266. The number of aromatic hydroxyl groups is 2. The molecule has 4 nitrogen and oxygen atoms in total. The number of phenols is 2. The van der Waals surface area contributed by atoms with E-state index in [2.05, 4.69) is 5.32 Å². The highest BCUT2D eigenvalue weighted by molar-refractivity contribution is 6.32. The minimum absolute atomic E-state index is 0.0168. The molecule has 5 heteroatoms. The average molecular weight is 276 g/mol. The van der Waals surface area contributed by atoms with Crippen molar-refractivity contribution in [2.45, 2.75) is 6.54 Å². The van der Waals surface area contributed by atoms with Crippen molar-refractivity contribution in [3.05, 3.63) is 46.5 Å². The van der Waals surface area contributed by atoms with Crippen molar-refractivity contribution in [2.75, 3.05) is 0 Å². The largest absolute Gasteiger partial charge is 0.508 e. The molecule has 0 unspecified atom stereocenters. The zero-order chi connectivity index (χ0) is 13.6. The summed E-state index contributed by atoms with van der Waals surface area (Å²) in [7, 11) is 0. The lowest BCUT2D eigenvalue weighted by Crippen LogP contribution is -2.21. The fourth-order valence-electron chi connectivity index (χ4n) is 2.23. The van der Waals surface area contributed by atoms with Crippen LogP contribution in [0.25, 0.3) is 11.1 Å². The van der Waals surface area contributed by atoms with Gasteiger partial charge in [0.25, 0.3) is 5.91 Å². The molecule has 96 valence electrons. The van der Waals surface area contributed by atoms with E-state index in [0.29, 0.717) is 17.7 Å². The van der Waals surface area contributed by atoms with Crippen LogP contribution < -0.4 is 5.32 Å². The van der Waals surface area contributed by atoms with E-state index in [1.54, 1.807) is 18.2 Å². The summed E-state index contributed by atoms with van der Waals surface area (Å²) in [4.78, 5) is 12.0. The van der Waals surface area contributed by atoms with E-state index in [9.17, 15) is 15.0 Å². The number of benzene rings is 2. The van der Waals surface area contributed by atoms with Crippen molar-refractivity contribution < 1.29 is 15.0 Å². The molecule has 0 saturated heterocycles. The van der Waals surface area contributed by atoms with Crippen LogP contribution in [0.3, 0.4) is 0 Å². The molecule has 2 aromatic carbocycles. The maximum atomic E-state index is 12.0. The van der Waals surface area contributed by atoms with Gasteiger partial charge >= 0.3 is 0 Å². The van der Waals surface area contributed by atoms with E-state index in [4.69, 9.17) is 11.6 Å². The zero-order valence-corrected chi connectivity index (χ0v) is 10.5. The van der Waals surface area contributed by atoms with Gasteiger partial charge in [-0.3, -0.25) is 4.79 Å². The van der Waals surface area contributed by atoms with Crippen LogP contribution in [0, 0.1) is 0 Å². The van der Waals surface area contributed by atoms with E-state index in [0.717, 1.165) is 11.1 Å². The summed E-state index contributed by atoms with van der Waals surface area (Å²) in [5, 5.41) is 22.1. The van der Waals surface area contributed by atoms with Crippen molar-refractivity contribution in [3.8, 4) is 22.6 Å². The first-order valence-electron chi connectivity index (χ1n) is 5.69. The minimum Gasteiger partial charge on any atom is -0.508 e. The van der Waals surface area contributed by atoms with Crippen molar-refractivity contribution >= 4 is 17.5 Å². The molecule has 2 aromatic rings. The van der Waals surface area contributed by atoms with Crippen molar-refractivity contribution in [1.29, 1.82) is 0 Å². The lowest BCUT2D eigenvalue weighted by Gasteiger charge is -2.09. The Kier molecular flexibility index (Phi) is 2.61. The number of carbonyl (C=O) groups excluding carboxylic acids is 1. The third-order valence-electron chi connectivity index (χ3n) is 3.15. The summed E-state index contributed by atoms with van der Waals surface area (Å²) in [5.41, 5.74) is 2.63. The number of hydrogen-bond acceptors (Lipinski definition) is 3. The third kappa shape index (κ3) is 1.90. The van der Waals surface area contributed by atoms with Crippen LogP contribution in [0.4, 0.5) is 0 Å². The number of hydrogen-bond donors (Lipinski definition) is 3. The number of fused-ring (bicyclic) bond motifs is 3. The molecular weight excluding hydrogens is 266 g/mol. The Hall–Kier alpha value is -2.20. The van der Waals surface area contributed by atoms with Gasteiger partial charge in [0.05, 0.1) is 10.6 Å². The number of amides is 1. The molecule has 0 aromatic heterocycles. The molecule has 3 rings (SSSR count). The SMILES string of the molecule is O=C1NCc2cc(O)c(Cl)cc2-c2ccc(O)cc21. The van der Waals surface area contributed by atoms with Crippen LogP contribution in [-0.4, -0.2) is 16.1 Å². The summed E-state index contributed by atoms with van der Waals surface area (Å²) in [6.07, 6.45) is 0. The quantitative estimate of drug-likeness (QED) is 0.692. The molecule has 1 heterocycles. The molecule has 0 saturated carbocycles. The van der Waals surface area contributed by atoms with E-state index >= 15 is 0 Å². The predicted molar refractivity (Wildman–Crippen MR) is 71.4 cm³/mol. The van der Waals surface area contributed by atoms with Gasteiger partial charge in [0.15, 0.2) is 0 Å². The average Bonchev–Trinajstić information content (AvgIpc) is 2.50. The number of halogens is 1. The topological polar surface area (TPSA) is 69.6 Å². The van der Waals surface area contributed by atoms with Crippen LogP contribution in [0.15, 0.2) is 30.3 Å². The summed E-state index contributed by atoms with van der Waals surface area (Å²) in [6.45, 7) is 0.300. The van der Waals surface area contributed by atoms with Crippen LogP contribution in [0.5, 0.6) is 11.5 Å². The molecule has 0 aliphatic carbocycles. The Morgan fingerprint density at radius 3 is 2.63 bits per heavy atom. The maximum absolute atomic E-state index is 12.0. The second-order valence-corrected chi connectivity index (χ2v) is 4.78. The fourth-order valence-corrected chi connectivity index (χ4v) is 2.39. The molecular formula is C14H10ClNO3. The molecule has 0 radical (unpaired) electrons. The molecule has 0 spiro atoms. The Balaban J connectivity index is 2.32. The molecule has 0 fully saturated rings. The molecule has 1 aliphatic heterocycles. The van der Waals surface area contributed by atoms with Gasteiger partial charge < -0.3 is 15.5 Å². The Morgan fingerprint density at radius 2 is 1.84 bits per heavy atom. The highest BCUT2D eigenvalue weighted by Crippen LogP contribution is 2.37. The molecule has 0 bridgehead atoms. The predicted octanol–water partition coefficient (Wildman–Crippen LogP) is 2.66. The van der Waals surface area contributed by atoms with Gasteiger partial charge in [-0.15, -0.1) is 0 Å². The number of nitrogens with one attached hydrogen (secondary N) is 1. The molecule has 1 amide bonds. The molecule has 0 atom stereocenters. The Labute approximate surface area is 114 Å². The highest BCUT2D eigenvalue weighted by Gasteiger charge is 2.21. The Morgan fingerprint density at radius 1 is 1.05 bits per heavy atom. The summed E-state index contributed by atoms with van der Waals surface area (Å²) in [5.74, 6) is -0.253. The first-order valence-corrected chi connectivity index (χ1v) is 6.07. The van der Waals surface area contributed by atoms with Crippen LogP contribution in [-0.2, 0) is 6.54 Å². The monoisotopic (exact) mass is 275 g/mol. The second kappa shape index (κ2) is 4.17. The van der Waals surface area contributed by atoms with Gasteiger partial charge in [0, 0.05) is 6.54 Å². The summed E-state index contributed by atoms with van der Waals surface area (Å²) >= 11 is 5.93. The van der Waals surface area contributed by atoms with Gasteiger partial charge in [0.2, 0.25) is 0 Å². The van der Waals surface area contributed by atoms with Crippen LogP contribution in [0.2, 0.25) is 5.02 Å². The lowest BCUT2D eigenvalue weighted by atomic mass is 9.96. The van der Waals surface area contributed by atoms with E-state index in [1.807, 2.05) is 0 Å². The first-order chi connectivity index (χ1) is 9.06. The smallest absolute Gasteiger partial charge is 0.252 e. The number of rotatable bonds is 0.